The Morgan fingerprint density at radius 2 is 1.86 bits per heavy atom. The maximum Gasteiger partial charge on any atom is 0.393 e. The second kappa shape index (κ2) is 7.13. The zero-order valence-corrected chi connectivity index (χ0v) is 12.5. The first-order chi connectivity index (χ1) is 10.4. The Kier molecular flexibility index (Phi) is 5.45. The largest absolute Gasteiger partial charge is 0.393 e. The molecule has 1 N–H and O–H groups in total. The molecule has 1 saturated carbocycles. The van der Waals surface area contributed by atoms with Crippen LogP contribution < -0.4 is 5.32 Å². The van der Waals surface area contributed by atoms with Crippen LogP contribution in [-0.4, -0.2) is 25.2 Å². The molecule has 1 aromatic carbocycles. The minimum atomic E-state index is -4.26. The molecule has 0 saturated heterocycles. The lowest BCUT2D eigenvalue weighted by Gasteiger charge is -2.33. The molecule has 6 heteroatoms. The standard InChI is InChI=1S/C16H20F3NO2/c1-22-10-11-6-8-12(9-7-11)15(21)20-14-5-3-2-4-13(14)16(17,18)19/h6-9,13-14H,2-5,10H2,1H3,(H,20,21)/t13-,14+/m0/s1. The van der Waals surface area contributed by atoms with E-state index in [4.69, 9.17) is 4.74 Å². The van der Waals surface area contributed by atoms with Crippen LogP contribution in [0.4, 0.5) is 13.2 Å². The molecule has 1 aliphatic carbocycles. The van der Waals surface area contributed by atoms with Gasteiger partial charge in [-0.2, -0.15) is 13.2 Å². The molecular weight excluding hydrogens is 295 g/mol. The van der Waals surface area contributed by atoms with Gasteiger partial charge in [0.15, 0.2) is 0 Å². The summed E-state index contributed by atoms with van der Waals surface area (Å²) < 4.78 is 44.0. The van der Waals surface area contributed by atoms with Gasteiger partial charge in [0.1, 0.15) is 0 Å². The summed E-state index contributed by atoms with van der Waals surface area (Å²) >= 11 is 0. The van der Waals surface area contributed by atoms with Gasteiger partial charge in [-0.15, -0.1) is 0 Å². The Bertz CT molecular complexity index is 499. The van der Waals surface area contributed by atoms with E-state index in [0.29, 0.717) is 31.4 Å². The number of methoxy groups -OCH3 is 1. The quantitative estimate of drug-likeness (QED) is 0.920. The fourth-order valence-corrected chi connectivity index (χ4v) is 2.87. The molecule has 3 nitrogen and oxygen atoms in total. The lowest BCUT2D eigenvalue weighted by molar-refractivity contribution is -0.187. The van der Waals surface area contributed by atoms with Crippen LogP contribution in [0.1, 0.15) is 41.6 Å². The first-order valence-corrected chi connectivity index (χ1v) is 7.37. The second-order valence-electron chi connectivity index (χ2n) is 5.64. The van der Waals surface area contributed by atoms with Crippen molar-refractivity contribution in [2.75, 3.05) is 7.11 Å². The summed E-state index contributed by atoms with van der Waals surface area (Å²) in [6.07, 6.45) is -2.54. The van der Waals surface area contributed by atoms with E-state index in [1.165, 1.54) is 0 Å². The second-order valence-corrected chi connectivity index (χ2v) is 5.64. The van der Waals surface area contributed by atoms with Crippen LogP contribution >= 0.6 is 0 Å². The van der Waals surface area contributed by atoms with Crippen molar-refractivity contribution in [2.45, 2.75) is 44.5 Å². The van der Waals surface area contributed by atoms with Crippen molar-refractivity contribution in [3.63, 3.8) is 0 Å². The maximum atomic E-state index is 13.0. The molecule has 0 spiro atoms. The van der Waals surface area contributed by atoms with Crippen LogP contribution in [0.25, 0.3) is 0 Å². The van der Waals surface area contributed by atoms with Crippen molar-refractivity contribution in [2.24, 2.45) is 5.92 Å². The smallest absolute Gasteiger partial charge is 0.380 e. The van der Waals surface area contributed by atoms with Crippen LogP contribution in [0.2, 0.25) is 0 Å². The van der Waals surface area contributed by atoms with Gasteiger partial charge in [-0.05, 0) is 30.5 Å². The summed E-state index contributed by atoms with van der Waals surface area (Å²) in [5, 5.41) is 2.55. The molecule has 1 amide bonds. The molecular formula is C16H20F3NO2. The highest BCUT2D eigenvalue weighted by Gasteiger charge is 2.45. The number of carbonyl (C=O) groups is 1. The molecule has 0 aromatic heterocycles. The average Bonchev–Trinajstić information content (AvgIpc) is 2.48. The SMILES string of the molecule is COCc1ccc(C(=O)N[C@@H]2CCCC[C@@H]2C(F)(F)F)cc1. The van der Waals surface area contributed by atoms with Gasteiger partial charge in [-0.25, -0.2) is 0 Å². The van der Waals surface area contributed by atoms with E-state index in [1.54, 1.807) is 31.4 Å². The van der Waals surface area contributed by atoms with Crippen molar-refractivity contribution in [3.8, 4) is 0 Å². The van der Waals surface area contributed by atoms with Crippen molar-refractivity contribution in [3.05, 3.63) is 35.4 Å². The molecule has 1 aromatic rings. The first-order valence-electron chi connectivity index (χ1n) is 7.37. The number of carbonyl (C=O) groups excluding carboxylic acids is 1. The van der Waals surface area contributed by atoms with Gasteiger partial charge in [0, 0.05) is 18.7 Å². The summed E-state index contributed by atoms with van der Waals surface area (Å²) in [6.45, 7) is 0.431. The monoisotopic (exact) mass is 315 g/mol. The third kappa shape index (κ3) is 4.22. The molecule has 2 rings (SSSR count). The van der Waals surface area contributed by atoms with Gasteiger partial charge in [0.25, 0.3) is 5.91 Å². The van der Waals surface area contributed by atoms with E-state index >= 15 is 0 Å². The van der Waals surface area contributed by atoms with Crippen molar-refractivity contribution < 1.29 is 22.7 Å². The predicted molar refractivity (Wildman–Crippen MR) is 76.4 cm³/mol. The predicted octanol–water partition coefficient (Wildman–Crippen LogP) is 3.68. The molecule has 2 atom stereocenters. The number of nitrogens with one attached hydrogen (secondary N) is 1. The highest BCUT2D eigenvalue weighted by Crippen LogP contribution is 2.37. The Hall–Kier alpha value is -1.56. The first kappa shape index (κ1) is 16.8. The highest BCUT2D eigenvalue weighted by molar-refractivity contribution is 5.94. The number of halogens is 3. The average molecular weight is 315 g/mol. The van der Waals surface area contributed by atoms with E-state index in [-0.39, 0.29) is 6.42 Å². The fourth-order valence-electron chi connectivity index (χ4n) is 2.87. The Morgan fingerprint density at radius 1 is 1.23 bits per heavy atom. The molecule has 122 valence electrons. The maximum absolute atomic E-state index is 13.0. The molecule has 1 aliphatic rings. The van der Waals surface area contributed by atoms with Gasteiger partial charge in [0.2, 0.25) is 0 Å². The number of ether oxygens (including phenoxy) is 1. The molecule has 0 radical (unpaired) electrons. The molecule has 0 aliphatic heterocycles. The third-order valence-corrected chi connectivity index (χ3v) is 4.03. The minimum absolute atomic E-state index is 0.0845. The molecule has 0 heterocycles. The van der Waals surface area contributed by atoms with Crippen molar-refractivity contribution in [1.82, 2.24) is 5.32 Å². The van der Waals surface area contributed by atoms with Crippen molar-refractivity contribution >= 4 is 5.91 Å². The van der Waals surface area contributed by atoms with Gasteiger partial charge in [0.05, 0.1) is 12.5 Å². The highest BCUT2D eigenvalue weighted by atomic mass is 19.4. The summed E-state index contributed by atoms with van der Waals surface area (Å²) in [5.74, 6) is -1.90. The lowest BCUT2D eigenvalue weighted by atomic mass is 9.84. The Balaban J connectivity index is 2.03. The number of amides is 1. The Labute approximate surface area is 127 Å². The molecule has 0 bridgehead atoms. The summed E-state index contributed by atoms with van der Waals surface area (Å²) in [6, 6.07) is 5.85. The molecule has 1 fully saturated rings. The zero-order valence-electron chi connectivity index (χ0n) is 12.5. The van der Waals surface area contributed by atoms with Gasteiger partial charge < -0.3 is 10.1 Å². The van der Waals surface area contributed by atoms with Gasteiger partial charge in [-0.1, -0.05) is 25.0 Å². The van der Waals surface area contributed by atoms with Gasteiger partial charge in [-0.3, -0.25) is 4.79 Å². The lowest BCUT2D eigenvalue weighted by Crippen LogP contribution is -2.47. The Morgan fingerprint density at radius 3 is 2.45 bits per heavy atom. The number of alkyl halides is 3. The molecule has 0 unspecified atom stereocenters. The van der Waals surface area contributed by atoms with E-state index in [0.717, 1.165) is 5.56 Å². The zero-order chi connectivity index (χ0) is 16.2. The topological polar surface area (TPSA) is 38.3 Å². The van der Waals surface area contributed by atoms with E-state index in [1.807, 2.05) is 0 Å². The van der Waals surface area contributed by atoms with Crippen LogP contribution in [-0.2, 0) is 11.3 Å². The van der Waals surface area contributed by atoms with E-state index < -0.39 is 24.0 Å². The van der Waals surface area contributed by atoms with Crippen LogP contribution in [0.15, 0.2) is 24.3 Å². The number of rotatable bonds is 4. The van der Waals surface area contributed by atoms with E-state index in [9.17, 15) is 18.0 Å². The van der Waals surface area contributed by atoms with Gasteiger partial charge >= 0.3 is 6.18 Å². The number of benzene rings is 1. The number of hydrogen-bond donors (Lipinski definition) is 1. The third-order valence-electron chi connectivity index (χ3n) is 4.03. The van der Waals surface area contributed by atoms with Crippen LogP contribution in [0, 0.1) is 5.92 Å². The normalized spacial score (nSPS) is 22.4. The van der Waals surface area contributed by atoms with Crippen molar-refractivity contribution in [1.29, 1.82) is 0 Å². The van der Waals surface area contributed by atoms with E-state index in [2.05, 4.69) is 5.32 Å². The molecule has 22 heavy (non-hydrogen) atoms. The summed E-state index contributed by atoms with van der Waals surface area (Å²) in [7, 11) is 1.57. The van der Waals surface area contributed by atoms with Crippen LogP contribution in [0.3, 0.4) is 0 Å². The number of hydrogen-bond acceptors (Lipinski definition) is 2. The summed E-state index contributed by atoms with van der Waals surface area (Å²) in [5.41, 5.74) is 1.27. The fraction of sp³-hybridized carbons (Fsp3) is 0.562. The van der Waals surface area contributed by atoms with Crippen LogP contribution in [0.5, 0.6) is 0 Å². The summed E-state index contributed by atoms with van der Waals surface area (Å²) in [4.78, 5) is 12.1. The minimum Gasteiger partial charge on any atom is -0.380 e.